The second-order valence-corrected chi connectivity index (χ2v) is 13.3. The third-order valence-corrected chi connectivity index (χ3v) is 10.7. The molecule has 0 saturated carbocycles. The van der Waals surface area contributed by atoms with Gasteiger partial charge >= 0.3 is 0 Å². The fourth-order valence-corrected chi connectivity index (χ4v) is 8.40. The molecule has 0 atom stereocenters. The molecule has 47 heavy (non-hydrogen) atoms. The van der Waals surface area contributed by atoms with Gasteiger partial charge in [0.15, 0.2) is 0 Å². The smallest absolute Gasteiger partial charge is 0.0541 e. The van der Waals surface area contributed by atoms with Crippen molar-refractivity contribution >= 4 is 65.0 Å². The molecule has 0 unspecified atom stereocenters. The number of fused-ring (bicyclic) bond motifs is 7. The van der Waals surface area contributed by atoms with Gasteiger partial charge < -0.3 is 9.13 Å². The largest absolute Gasteiger partial charge is 0.309 e. The minimum Gasteiger partial charge on any atom is -0.309 e. The number of benzene rings is 7. The Balaban J connectivity index is 1.13. The topological polar surface area (TPSA) is 9.86 Å². The molecular weight excluding hydrogens is 589 g/mol. The maximum Gasteiger partial charge on any atom is 0.0541 e. The predicted molar refractivity (Wildman–Crippen MR) is 201 cm³/mol. The van der Waals surface area contributed by atoms with Crippen molar-refractivity contribution in [1.29, 1.82) is 0 Å². The Bertz CT molecular complexity index is 2780. The van der Waals surface area contributed by atoms with Gasteiger partial charge in [0.2, 0.25) is 0 Å². The maximum atomic E-state index is 2.42. The summed E-state index contributed by atoms with van der Waals surface area (Å²) in [7, 11) is 0. The highest BCUT2D eigenvalue weighted by atomic mass is 32.1. The van der Waals surface area contributed by atoms with E-state index in [0.717, 1.165) is 0 Å². The first-order valence-electron chi connectivity index (χ1n) is 16.0. The normalized spacial score (nSPS) is 11.8. The summed E-state index contributed by atoms with van der Waals surface area (Å²) >= 11 is 1.85. The summed E-state index contributed by atoms with van der Waals surface area (Å²) in [4.78, 5) is 1.30. The maximum absolute atomic E-state index is 2.42. The molecule has 0 aliphatic heterocycles. The lowest BCUT2D eigenvalue weighted by molar-refractivity contribution is 1.18. The minimum absolute atomic E-state index is 1.18. The molecule has 0 fully saturated rings. The summed E-state index contributed by atoms with van der Waals surface area (Å²) in [6.07, 6.45) is 0. The monoisotopic (exact) mass is 616 g/mol. The van der Waals surface area contributed by atoms with Crippen LogP contribution in [0.3, 0.4) is 0 Å². The van der Waals surface area contributed by atoms with Crippen LogP contribution in [0.1, 0.15) is 0 Å². The fourth-order valence-electron chi connectivity index (χ4n) is 7.35. The molecule has 0 N–H and O–H groups in total. The van der Waals surface area contributed by atoms with E-state index in [2.05, 4.69) is 179 Å². The van der Waals surface area contributed by atoms with Crippen molar-refractivity contribution in [2.75, 3.05) is 0 Å². The molecule has 0 radical (unpaired) electrons. The van der Waals surface area contributed by atoms with Crippen LogP contribution in [0.4, 0.5) is 0 Å². The quantitative estimate of drug-likeness (QED) is 0.186. The van der Waals surface area contributed by atoms with Crippen LogP contribution in [0.2, 0.25) is 0 Å². The Morgan fingerprint density at radius 3 is 1.51 bits per heavy atom. The molecule has 2 nitrogen and oxygen atoms in total. The highest BCUT2D eigenvalue weighted by molar-refractivity contribution is 7.22. The van der Waals surface area contributed by atoms with Crippen LogP contribution in [-0.2, 0) is 0 Å². The van der Waals surface area contributed by atoms with Gasteiger partial charge in [0.1, 0.15) is 0 Å². The van der Waals surface area contributed by atoms with E-state index in [9.17, 15) is 0 Å². The van der Waals surface area contributed by atoms with Crippen molar-refractivity contribution < 1.29 is 0 Å². The summed E-state index contributed by atoms with van der Waals surface area (Å²) in [6, 6.07) is 62.0. The van der Waals surface area contributed by atoms with Crippen LogP contribution < -0.4 is 0 Å². The standard InChI is InChI=1S/C44H28N2S/c1-3-11-29(12-4-1)44-28-32-25-34(21-24-43(32)47-44)46-40-18-10-8-16-36(40)38-27-31(20-23-42(38)46)30-19-22-41-37(26-30)35-15-7-9-17-39(35)45(41)33-13-5-2-6-14-33/h1-28H. The van der Waals surface area contributed by atoms with Gasteiger partial charge in [0.25, 0.3) is 0 Å². The zero-order valence-corrected chi connectivity index (χ0v) is 26.3. The van der Waals surface area contributed by atoms with E-state index < -0.39 is 0 Å². The lowest BCUT2D eigenvalue weighted by Crippen LogP contribution is -1.93. The van der Waals surface area contributed by atoms with E-state index >= 15 is 0 Å². The van der Waals surface area contributed by atoms with Gasteiger partial charge in [-0.2, -0.15) is 0 Å². The summed E-state index contributed by atoms with van der Waals surface area (Å²) in [6.45, 7) is 0. The first-order valence-corrected chi connectivity index (χ1v) is 16.8. The lowest BCUT2D eigenvalue weighted by atomic mass is 10.0. The molecule has 10 aromatic rings. The van der Waals surface area contributed by atoms with Gasteiger partial charge in [-0.15, -0.1) is 11.3 Å². The molecule has 3 aromatic heterocycles. The molecule has 3 heteroatoms. The van der Waals surface area contributed by atoms with Crippen LogP contribution in [0.25, 0.3) is 86.6 Å². The third-order valence-electron chi connectivity index (χ3n) is 9.51. The van der Waals surface area contributed by atoms with Crippen molar-refractivity contribution in [2.45, 2.75) is 0 Å². The first kappa shape index (κ1) is 26.3. The summed E-state index contributed by atoms with van der Waals surface area (Å²) < 4.78 is 6.10. The molecule has 0 aliphatic rings. The SMILES string of the molecule is c1ccc(-c2cc3cc(-n4c5ccccc5c5cc(-c6ccc7c(c6)c6ccccc6n7-c6ccccc6)ccc54)ccc3s2)cc1. The fraction of sp³-hybridized carbons (Fsp3) is 0. The number of aromatic nitrogens is 2. The Kier molecular flexibility index (Phi) is 5.78. The van der Waals surface area contributed by atoms with Crippen molar-refractivity contribution in [3.63, 3.8) is 0 Å². The second-order valence-electron chi connectivity index (χ2n) is 12.2. The van der Waals surface area contributed by atoms with Crippen LogP contribution in [-0.4, -0.2) is 9.13 Å². The average molecular weight is 617 g/mol. The third kappa shape index (κ3) is 4.10. The molecule has 3 heterocycles. The van der Waals surface area contributed by atoms with E-state index in [0.29, 0.717) is 0 Å². The highest BCUT2D eigenvalue weighted by Gasteiger charge is 2.16. The summed E-state index contributed by atoms with van der Waals surface area (Å²) in [5.41, 5.74) is 11.0. The molecule has 0 bridgehead atoms. The predicted octanol–water partition coefficient (Wildman–Crippen LogP) is 12.4. The zero-order valence-electron chi connectivity index (χ0n) is 25.5. The first-order chi connectivity index (χ1) is 23.3. The van der Waals surface area contributed by atoms with E-state index in [1.54, 1.807) is 0 Å². The lowest BCUT2D eigenvalue weighted by Gasteiger charge is -2.09. The van der Waals surface area contributed by atoms with Crippen molar-refractivity contribution in [3.05, 3.63) is 170 Å². The minimum atomic E-state index is 1.18. The summed E-state index contributed by atoms with van der Waals surface area (Å²) in [5.74, 6) is 0. The summed E-state index contributed by atoms with van der Waals surface area (Å²) in [5, 5.41) is 6.34. The van der Waals surface area contributed by atoms with Crippen LogP contribution in [0.5, 0.6) is 0 Å². The Morgan fingerprint density at radius 1 is 0.340 bits per heavy atom. The van der Waals surface area contributed by atoms with Gasteiger partial charge in [-0.3, -0.25) is 0 Å². The molecule has 7 aromatic carbocycles. The molecule has 0 aliphatic carbocycles. The van der Waals surface area contributed by atoms with Crippen molar-refractivity contribution in [1.82, 2.24) is 9.13 Å². The van der Waals surface area contributed by atoms with E-state index in [-0.39, 0.29) is 0 Å². The number of rotatable bonds is 4. The molecule has 0 saturated heterocycles. The Morgan fingerprint density at radius 2 is 0.872 bits per heavy atom. The van der Waals surface area contributed by atoms with Gasteiger partial charge in [-0.1, -0.05) is 97.1 Å². The Labute approximate surface area is 276 Å². The molecular formula is C44H28N2S. The van der Waals surface area contributed by atoms with Gasteiger partial charge in [-0.05, 0) is 94.9 Å². The average Bonchev–Trinajstić information content (AvgIpc) is 3.82. The highest BCUT2D eigenvalue weighted by Crippen LogP contribution is 2.40. The number of thiophene rings is 1. The van der Waals surface area contributed by atoms with Gasteiger partial charge in [0, 0.05) is 42.5 Å². The number of hydrogen-bond acceptors (Lipinski definition) is 1. The van der Waals surface area contributed by atoms with Gasteiger partial charge in [-0.25, -0.2) is 0 Å². The molecule has 0 spiro atoms. The molecule has 0 amide bonds. The van der Waals surface area contributed by atoms with Crippen molar-refractivity contribution in [2.24, 2.45) is 0 Å². The number of hydrogen-bond donors (Lipinski definition) is 0. The zero-order chi connectivity index (χ0) is 30.9. The van der Waals surface area contributed by atoms with Crippen LogP contribution in [0, 0.1) is 0 Å². The van der Waals surface area contributed by atoms with E-state index in [4.69, 9.17) is 0 Å². The van der Waals surface area contributed by atoms with E-state index in [1.165, 1.54) is 86.6 Å². The van der Waals surface area contributed by atoms with Crippen molar-refractivity contribution in [3.8, 4) is 32.9 Å². The van der Waals surface area contributed by atoms with E-state index in [1.807, 2.05) is 11.3 Å². The number of para-hydroxylation sites is 3. The number of nitrogens with zero attached hydrogens (tertiary/aromatic N) is 2. The van der Waals surface area contributed by atoms with Crippen LogP contribution in [0.15, 0.2) is 170 Å². The van der Waals surface area contributed by atoms with Crippen LogP contribution >= 0.6 is 11.3 Å². The Hall–Kier alpha value is -5.90. The molecule has 220 valence electrons. The van der Waals surface area contributed by atoms with Gasteiger partial charge in [0.05, 0.1) is 22.1 Å². The molecule has 10 rings (SSSR count). The second kappa shape index (κ2) is 10.3.